The predicted octanol–water partition coefficient (Wildman–Crippen LogP) is 3.55. The average Bonchev–Trinajstić information content (AvgIpc) is 3.12. The fraction of sp³-hybridized carbons (Fsp3) is 0.522. The van der Waals surface area contributed by atoms with Gasteiger partial charge in [-0.2, -0.15) is 0 Å². The van der Waals surface area contributed by atoms with Gasteiger partial charge in [0, 0.05) is 49.5 Å². The molecular weight excluding hydrogens is 366 g/mol. The molecule has 0 saturated carbocycles. The summed E-state index contributed by atoms with van der Waals surface area (Å²) >= 11 is 1.76. The molecule has 1 aliphatic heterocycles. The Balaban J connectivity index is 1.30. The van der Waals surface area contributed by atoms with Crippen molar-refractivity contribution in [3.8, 4) is 0 Å². The van der Waals surface area contributed by atoms with Gasteiger partial charge in [-0.05, 0) is 48.9 Å². The molecule has 1 amide bonds. The minimum absolute atomic E-state index is 0.0774. The van der Waals surface area contributed by atoms with Crippen LogP contribution in [0.5, 0.6) is 0 Å². The number of carbonyl (C=O) groups is 1. The Morgan fingerprint density at radius 1 is 1.14 bits per heavy atom. The molecule has 1 unspecified atom stereocenters. The molecule has 0 bridgehead atoms. The number of nitrogens with one attached hydrogen (secondary N) is 1. The second kappa shape index (κ2) is 8.76. The lowest BCUT2D eigenvalue weighted by atomic mass is 9.88. The average molecular weight is 398 g/mol. The number of piperazine rings is 1. The molecule has 4 nitrogen and oxygen atoms in total. The Bertz CT molecular complexity index is 806. The van der Waals surface area contributed by atoms with Crippen molar-refractivity contribution in [3.05, 3.63) is 56.8 Å². The molecule has 2 heterocycles. The summed E-state index contributed by atoms with van der Waals surface area (Å²) in [7, 11) is 2.19. The first-order valence-electron chi connectivity index (χ1n) is 10.4. The quantitative estimate of drug-likeness (QED) is 0.838. The maximum atomic E-state index is 12.7. The number of carbonyl (C=O) groups excluding carboxylic acids is 1. The van der Waals surface area contributed by atoms with Crippen molar-refractivity contribution in [1.82, 2.24) is 15.1 Å². The van der Waals surface area contributed by atoms with Crippen LogP contribution < -0.4 is 5.32 Å². The Morgan fingerprint density at radius 2 is 1.86 bits per heavy atom. The molecule has 1 aromatic carbocycles. The van der Waals surface area contributed by atoms with Crippen molar-refractivity contribution in [2.75, 3.05) is 33.2 Å². The van der Waals surface area contributed by atoms with E-state index < -0.39 is 0 Å². The fourth-order valence-corrected chi connectivity index (χ4v) is 5.42. The van der Waals surface area contributed by atoms with Crippen molar-refractivity contribution < 1.29 is 4.79 Å². The van der Waals surface area contributed by atoms with E-state index in [0.29, 0.717) is 6.54 Å². The minimum Gasteiger partial charge on any atom is -0.348 e. The smallest absolute Gasteiger partial charge is 0.252 e. The van der Waals surface area contributed by atoms with E-state index in [0.717, 1.165) is 62.6 Å². The summed E-state index contributed by atoms with van der Waals surface area (Å²) in [6.07, 6.45) is 3.37. The molecule has 2 aliphatic rings. The van der Waals surface area contributed by atoms with Crippen LogP contribution in [0, 0.1) is 5.92 Å². The highest BCUT2D eigenvalue weighted by Crippen LogP contribution is 2.32. The number of hydrogen-bond acceptors (Lipinski definition) is 4. The number of benzene rings is 1. The van der Waals surface area contributed by atoms with Crippen molar-refractivity contribution in [1.29, 1.82) is 0 Å². The van der Waals surface area contributed by atoms with Gasteiger partial charge >= 0.3 is 0 Å². The highest BCUT2D eigenvalue weighted by Gasteiger charge is 2.23. The van der Waals surface area contributed by atoms with Crippen molar-refractivity contribution >= 4 is 17.2 Å². The molecular formula is C23H31N3OS. The Kier molecular flexibility index (Phi) is 6.14. The third-order valence-electron chi connectivity index (χ3n) is 6.12. The molecule has 1 aromatic heterocycles. The number of amides is 1. The molecule has 4 rings (SSSR count). The summed E-state index contributed by atoms with van der Waals surface area (Å²) in [5, 5.41) is 5.17. The molecule has 1 fully saturated rings. The molecule has 5 heteroatoms. The first kappa shape index (κ1) is 19.6. The van der Waals surface area contributed by atoms with Crippen LogP contribution in [0.1, 0.15) is 45.3 Å². The van der Waals surface area contributed by atoms with E-state index >= 15 is 0 Å². The molecule has 0 radical (unpaired) electrons. The largest absolute Gasteiger partial charge is 0.348 e. The van der Waals surface area contributed by atoms with Gasteiger partial charge in [-0.15, -0.1) is 11.3 Å². The van der Waals surface area contributed by atoms with E-state index in [4.69, 9.17) is 0 Å². The van der Waals surface area contributed by atoms with Crippen LogP contribution in [-0.4, -0.2) is 48.9 Å². The summed E-state index contributed by atoms with van der Waals surface area (Å²) in [6, 6.07) is 8.70. The van der Waals surface area contributed by atoms with Crippen LogP contribution >= 0.6 is 11.3 Å². The van der Waals surface area contributed by atoms with Gasteiger partial charge in [0.25, 0.3) is 5.91 Å². The predicted molar refractivity (Wildman–Crippen MR) is 116 cm³/mol. The molecule has 1 N–H and O–H groups in total. The first-order chi connectivity index (χ1) is 13.6. The third-order valence-corrected chi connectivity index (χ3v) is 7.18. The minimum atomic E-state index is 0.0774. The standard InChI is InChI=1S/C23H31N3OS/c1-17-3-8-20-21(16-28-22(20)13-17)23(27)24-14-18-4-6-19(7-5-18)15-26-11-9-25(2)10-12-26/h4-7,16-17H,3,8-15H2,1-2H3,(H,24,27). The zero-order valence-corrected chi connectivity index (χ0v) is 17.9. The maximum absolute atomic E-state index is 12.7. The van der Waals surface area contributed by atoms with Gasteiger partial charge < -0.3 is 10.2 Å². The number of rotatable bonds is 5. The number of nitrogens with zero attached hydrogens (tertiary/aromatic N) is 2. The number of thiophene rings is 1. The molecule has 28 heavy (non-hydrogen) atoms. The zero-order valence-electron chi connectivity index (χ0n) is 17.0. The molecule has 1 saturated heterocycles. The van der Waals surface area contributed by atoms with Gasteiger partial charge in [0.15, 0.2) is 0 Å². The zero-order chi connectivity index (χ0) is 19.5. The molecule has 1 aliphatic carbocycles. The van der Waals surface area contributed by atoms with E-state index in [1.165, 1.54) is 22.4 Å². The maximum Gasteiger partial charge on any atom is 0.252 e. The molecule has 2 aromatic rings. The normalized spacial score (nSPS) is 20.7. The first-order valence-corrected chi connectivity index (χ1v) is 11.3. The summed E-state index contributed by atoms with van der Waals surface area (Å²) in [6.45, 7) is 8.48. The number of hydrogen-bond donors (Lipinski definition) is 1. The summed E-state index contributed by atoms with van der Waals surface area (Å²) < 4.78 is 0. The monoisotopic (exact) mass is 397 g/mol. The van der Waals surface area contributed by atoms with Crippen LogP contribution in [0.25, 0.3) is 0 Å². The van der Waals surface area contributed by atoms with E-state index in [-0.39, 0.29) is 5.91 Å². The summed E-state index contributed by atoms with van der Waals surface area (Å²) in [5.74, 6) is 0.819. The van der Waals surface area contributed by atoms with Crippen LogP contribution in [0.15, 0.2) is 29.6 Å². The van der Waals surface area contributed by atoms with Crippen LogP contribution in [-0.2, 0) is 25.9 Å². The van der Waals surface area contributed by atoms with Gasteiger partial charge in [0.2, 0.25) is 0 Å². The Morgan fingerprint density at radius 3 is 2.61 bits per heavy atom. The van der Waals surface area contributed by atoms with Gasteiger partial charge in [0.05, 0.1) is 5.56 Å². The number of likely N-dealkylation sites (N-methyl/N-ethyl adjacent to an activating group) is 1. The third kappa shape index (κ3) is 4.65. The van der Waals surface area contributed by atoms with Crippen LogP contribution in [0.4, 0.5) is 0 Å². The van der Waals surface area contributed by atoms with E-state index in [2.05, 4.69) is 58.7 Å². The topological polar surface area (TPSA) is 35.6 Å². The van der Waals surface area contributed by atoms with E-state index in [1.54, 1.807) is 11.3 Å². The Labute approximate surface area is 172 Å². The lowest BCUT2D eigenvalue weighted by molar-refractivity contribution is 0.0950. The van der Waals surface area contributed by atoms with E-state index in [9.17, 15) is 4.79 Å². The van der Waals surface area contributed by atoms with Gasteiger partial charge in [-0.1, -0.05) is 31.2 Å². The van der Waals surface area contributed by atoms with Crippen molar-refractivity contribution in [3.63, 3.8) is 0 Å². The Hall–Kier alpha value is -1.69. The lowest BCUT2D eigenvalue weighted by Gasteiger charge is -2.32. The highest BCUT2D eigenvalue weighted by molar-refractivity contribution is 7.10. The molecule has 150 valence electrons. The van der Waals surface area contributed by atoms with E-state index in [1.807, 2.05) is 0 Å². The van der Waals surface area contributed by atoms with Crippen molar-refractivity contribution in [2.24, 2.45) is 5.92 Å². The van der Waals surface area contributed by atoms with Gasteiger partial charge in [-0.25, -0.2) is 0 Å². The van der Waals surface area contributed by atoms with Crippen molar-refractivity contribution in [2.45, 2.75) is 39.3 Å². The summed E-state index contributed by atoms with van der Waals surface area (Å²) in [5.41, 5.74) is 4.70. The van der Waals surface area contributed by atoms with Gasteiger partial charge in [0.1, 0.15) is 0 Å². The SMILES string of the molecule is CC1CCc2c(C(=O)NCc3ccc(CN4CCN(C)CC4)cc3)csc2C1. The molecule has 0 spiro atoms. The fourth-order valence-electron chi connectivity index (χ4n) is 4.17. The van der Waals surface area contributed by atoms with Gasteiger partial charge in [-0.3, -0.25) is 9.69 Å². The van der Waals surface area contributed by atoms with Crippen LogP contribution in [0.2, 0.25) is 0 Å². The number of fused-ring (bicyclic) bond motifs is 1. The van der Waals surface area contributed by atoms with Crippen LogP contribution in [0.3, 0.4) is 0 Å². The highest BCUT2D eigenvalue weighted by atomic mass is 32.1. The lowest BCUT2D eigenvalue weighted by Crippen LogP contribution is -2.43. The second-order valence-electron chi connectivity index (χ2n) is 8.48. The second-order valence-corrected chi connectivity index (χ2v) is 9.44. The summed E-state index contributed by atoms with van der Waals surface area (Å²) in [4.78, 5) is 19.0. The molecule has 1 atom stereocenters.